The van der Waals surface area contributed by atoms with Gasteiger partial charge in [0.25, 0.3) is 0 Å². The first kappa shape index (κ1) is 56.8. The van der Waals surface area contributed by atoms with Crippen LogP contribution in [-0.4, -0.2) is 46.9 Å². The van der Waals surface area contributed by atoms with Crippen LogP contribution in [0, 0.1) is 0 Å². The van der Waals surface area contributed by atoms with Crippen LogP contribution in [0.25, 0.3) is 0 Å². The van der Waals surface area contributed by atoms with Crippen molar-refractivity contribution < 1.29 is 24.5 Å². The molecule has 0 bridgehead atoms. The van der Waals surface area contributed by atoms with Gasteiger partial charge >= 0.3 is 5.97 Å². The van der Waals surface area contributed by atoms with Gasteiger partial charge in [-0.05, 0) is 83.5 Å². The van der Waals surface area contributed by atoms with Crippen molar-refractivity contribution in [2.45, 2.75) is 225 Å². The highest BCUT2D eigenvalue weighted by Crippen LogP contribution is 2.16. The summed E-state index contributed by atoms with van der Waals surface area (Å²) in [6, 6.07) is -0.732. The average Bonchev–Trinajstić information content (AvgIpc) is 3.24. The molecule has 0 aliphatic carbocycles. The molecule has 0 aliphatic rings. The lowest BCUT2D eigenvalue weighted by Crippen LogP contribution is -2.46. The standard InChI is InChI=1S/C54H91NO5/c1-4-7-10-13-16-19-22-24-25-26-27-29-31-33-36-39-42-45-50(60-54(59)47-44-41-38-35-32-28-23-20-17-14-11-8-5-2)48-53(58)55-51(49-56)52(57)46-43-40-37-34-30-21-18-15-12-9-6-3/h8,11,14,16-17,19-20,23-25,27-29,32-33,36,50-52,56-57H,4-7,9-10,12-13,15,18,21-22,26,30-31,34-35,37-49H2,1-3H3,(H,55,58)/b11-8+,17-14+,19-16-,23-20-,25-24-,29-27-,32-28-,36-33-. The van der Waals surface area contributed by atoms with Gasteiger partial charge in [-0.3, -0.25) is 9.59 Å². The van der Waals surface area contributed by atoms with E-state index in [1.807, 2.05) is 30.4 Å². The second-order valence-electron chi connectivity index (χ2n) is 16.2. The molecule has 0 saturated heterocycles. The van der Waals surface area contributed by atoms with Crippen molar-refractivity contribution >= 4 is 11.9 Å². The van der Waals surface area contributed by atoms with Gasteiger partial charge in [0.2, 0.25) is 5.91 Å². The number of amides is 1. The van der Waals surface area contributed by atoms with E-state index in [2.05, 4.69) is 92.9 Å². The Kier molecular flexibility index (Phi) is 44.3. The number of carbonyl (C=O) groups is 2. The molecule has 0 fully saturated rings. The van der Waals surface area contributed by atoms with Crippen LogP contribution in [0.4, 0.5) is 0 Å². The summed E-state index contributed by atoms with van der Waals surface area (Å²) in [6.07, 6.45) is 61.8. The topological polar surface area (TPSA) is 95.9 Å². The number of aliphatic hydroxyl groups excluding tert-OH is 2. The van der Waals surface area contributed by atoms with Gasteiger partial charge in [0.1, 0.15) is 6.10 Å². The van der Waals surface area contributed by atoms with Crippen molar-refractivity contribution in [2.24, 2.45) is 0 Å². The molecule has 0 radical (unpaired) electrons. The summed E-state index contributed by atoms with van der Waals surface area (Å²) < 4.78 is 5.87. The molecular formula is C54H91NO5. The van der Waals surface area contributed by atoms with Gasteiger partial charge in [-0.15, -0.1) is 0 Å². The van der Waals surface area contributed by atoms with Crippen LogP contribution >= 0.6 is 0 Å². The Labute approximate surface area is 369 Å². The molecule has 6 nitrogen and oxygen atoms in total. The third-order valence-electron chi connectivity index (χ3n) is 10.5. The fourth-order valence-electron chi connectivity index (χ4n) is 6.78. The van der Waals surface area contributed by atoms with Crippen LogP contribution in [0.5, 0.6) is 0 Å². The van der Waals surface area contributed by atoms with Gasteiger partial charge in [0.15, 0.2) is 0 Å². The molecule has 0 spiro atoms. The minimum atomic E-state index is -0.813. The minimum Gasteiger partial charge on any atom is -0.462 e. The summed E-state index contributed by atoms with van der Waals surface area (Å²) in [5.41, 5.74) is 0. The molecule has 0 aromatic heterocycles. The Hall–Kier alpha value is -3.22. The first-order chi connectivity index (χ1) is 29.5. The fourth-order valence-corrected chi connectivity index (χ4v) is 6.78. The molecule has 6 heteroatoms. The Morgan fingerprint density at radius 2 is 0.983 bits per heavy atom. The molecule has 3 unspecified atom stereocenters. The van der Waals surface area contributed by atoms with E-state index in [1.165, 1.54) is 77.0 Å². The van der Waals surface area contributed by atoms with E-state index in [9.17, 15) is 19.8 Å². The lowest BCUT2D eigenvalue weighted by atomic mass is 10.0. The zero-order chi connectivity index (χ0) is 43.8. The van der Waals surface area contributed by atoms with Crippen molar-refractivity contribution in [1.82, 2.24) is 5.32 Å². The molecule has 0 aliphatic heterocycles. The van der Waals surface area contributed by atoms with E-state index in [1.54, 1.807) is 0 Å². The molecule has 0 saturated carbocycles. The molecule has 60 heavy (non-hydrogen) atoms. The number of nitrogens with one attached hydrogen (secondary N) is 1. The maximum atomic E-state index is 13.2. The minimum absolute atomic E-state index is 0.0183. The number of rotatable bonds is 42. The maximum Gasteiger partial charge on any atom is 0.306 e. The van der Waals surface area contributed by atoms with Crippen LogP contribution in [0.1, 0.15) is 207 Å². The predicted octanol–water partition coefficient (Wildman–Crippen LogP) is 14.6. The number of ether oxygens (including phenoxy) is 1. The van der Waals surface area contributed by atoms with Gasteiger partial charge in [-0.25, -0.2) is 0 Å². The quantitative estimate of drug-likeness (QED) is 0.0246. The predicted molar refractivity (Wildman–Crippen MR) is 259 cm³/mol. The van der Waals surface area contributed by atoms with Gasteiger partial charge in [-0.2, -0.15) is 0 Å². The molecule has 0 aromatic carbocycles. The summed E-state index contributed by atoms with van der Waals surface area (Å²) in [6.45, 7) is 6.26. The molecule has 0 heterocycles. The molecular weight excluding hydrogens is 743 g/mol. The first-order valence-corrected chi connectivity index (χ1v) is 24.5. The molecule has 3 atom stereocenters. The summed E-state index contributed by atoms with van der Waals surface area (Å²) >= 11 is 0. The van der Waals surface area contributed by atoms with Crippen molar-refractivity contribution in [3.8, 4) is 0 Å². The second-order valence-corrected chi connectivity index (χ2v) is 16.2. The molecule has 342 valence electrons. The first-order valence-electron chi connectivity index (χ1n) is 24.5. The fraction of sp³-hybridized carbons (Fsp3) is 0.667. The van der Waals surface area contributed by atoms with Crippen molar-refractivity contribution in [1.29, 1.82) is 0 Å². The van der Waals surface area contributed by atoms with Crippen molar-refractivity contribution in [3.05, 3.63) is 97.2 Å². The van der Waals surface area contributed by atoms with Crippen LogP contribution in [0.2, 0.25) is 0 Å². The number of esters is 1. The number of hydrogen-bond acceptors (Lipinski definition) is 5. The maximum absolute atomic E-state index is 13.2. The zero-order valence-corrected chi connectivity index (χ0v) is 38.8. The average molecular weight is 834 g/mol. The number of allylic oxidation sites excluding steroid dienone is 16. The lowest BCUT2D eigenvalue weighted by Gasteiger charge is -2.24. The third-order valence-corrected chi connectivity index (χ3v) is 10.5. The van der Waals surface area contributed by atoms with Gasteiger partial charge in [-0.1, -0.05) is 208 Å². The van der Waals surface area contributed by atoms with E-state index in [0.29, 0.717) is 19.3 Å². The van der Waals surface area contributed by atoms with Crippen molar-refractivity contribution in [2.75, 3.05) is 6.61 Å². The second kappa shape index (κ2) is 46.8. The summed E-state index contributed by atoms with van der Waals surface area (Å²) in [7, 11) is 0. The van der Waals surface area contributed by atoms with E-state index < -0.39 is 18.2 Å². The SMILES string of the molecule is CC/C=C/C=C/C=C\C=C/CCCCCC(=O)OC(CCC/C=C\C/C=C\C/C=C\C/C=C\CCCCC)CC(=O)NC(CO)C(O)CCCCCCCCCCCCC. The molecule has 1 amide bonds. The normalized spacial score (nSPS) is 14.2. The van der Waals surface area contributed by atoms with Crippen LogP contribution in [-0.2, 0) is 14.3 Å². The third kappa shape index (κ3) is 41.5. The van der Waals surface area contributed by atoms with Crippen molar-refractivity contribution in [3.63, 3.8) is 0 Å². The number of unbranched alkanes of at least 4 members (excludes halogenated alkanes) is 17. The Morgan fingerprint density at radius 1 is 0.517 bits per heavy atom. The monoisotopic (exact) mass is 834 g/mol. The Morgan fingerprint density at radius 3 is 1.57 bits per heavy atom. The summed E-state index contributed by atoms with van der Waals surface area (Å²) in [5, 5.41) is 23.7. The van der Waals surface area contributed by atoms with Gasteiger partial charge in [0, 0.05) is 6.42 Å². The molecule has 3 N–H and O–H groups in total. The highest BCUT2D eigenvalue weighted by molar-refractivity contribution is 5.77. The zero-order valence-electron chi connectivity index (χ0n) is 38.8. The number of aliphatic hydroxyl groups is 2. The number of carbonyl (C=O) groups excluding carboxylic acids is 2. The van der Waals surface area contributed by atoms with Crippen LogP contribution in [0.15, 0.2) is 97.2 Å². The number of hydrogen-bond donors (Lipinski definition) is 3. The summed E-state index contributed by atoms with van der Waals surface area (Å²) in [4.78, 5) is 26.1. The highest BCUT2D eigenvalue weighted by atomic mass is 16.5. The largest absolute Gasteiger partial charge is 0.462 e. The van der Waals surface area contributed by atoms with Gasteiger partial charge < -0.3 is 20.3 Å². The van der Waals surface area contributed by atoms with Crippen LogP contribution < -0.4 is 5.32 Å². The molecule has 0 aromatic rings. The Balaban J connectivity index is 4.80. The smallest absolute Gasteiger partial charge is 0.306 e. The Bertz CT molecular complexity index is 1210. The summed E-state index contributed by atoms with van der Waals surface area (Å²) in [5.74, 6) is -0.584. The van der Waals surface area contributed by atoms with E-state index in [4.69, 9.17) is 4.74 Å². The van der Waals surface area contributed by atoms with E-state index in [-0.39, 0.29) is 24.9 Å². The van der Waals surface area contributed by atoms with Gasteiger partial charge in [0.05, 0.1) is 25.2 Å². The van der Waals surface area contributed by atoms with E-state index in [0.717, 1.165) is 83.5 Å². The van der Waals surface area contributed by atoms with Crippen LogP contribution in [0.3, 0.4) is 0 Å². The van der Waals surface area contributed by atoms with E-state index >= 15 is 0 Å². The lowest BCUT2D eigenvalue weighted by molar-refractivity contribution is -0.151. The molecule has 0 rings (SSSR count). The highest BCUT2D eigenvalue weighted by Gasteiger charge is 2.24.